The zero-order valence-electron chi connectivity index (χ0n) is 10.3. The maximum absolute atomic E-state index is 11.6. The largest absolute Gasteiger partial charge is 0.334 e. The summed E-state index contributed by atoms with van der Waals surface area (Å²) in [6.07, 6.45) is 0. The molecule has 0 bridgehead atoms. The Morgan fingerprint density at radius 1 is 1.29 bits per heavy atom. The molecule has 0 aliphatic rings. The van der Waals surface area contributed by atoms with Crippen LogP contribution in [0.15, 0.2) is 30.3 Å². The summed E-state index contributed by atoms with van der Waals surface area (Å²) in [6, 6.07) is 10.3. The number of hydrogen-bond donors (Lipinski definition) is 2. The molecule has 90 valence electrons. The number of hydrogen-bond acceptors (Lipinski definition) is 2. The normalized spacial score (nSPS) is 12.4. The number of amides is 2. The van der Waals surface area contributed by atoms with Crippen LogP contribution in [0, 0.1) is 11.3 Å². The van der Waals surface area contributed by atoms with Crippen LogP contribution in [-0.2, 0) is 0 Å². The number of carbonyl (C=O) groups is 1. The van der Waals surface area contributed by atoms with Crippen molar-refractivity contribution < 1.29 is 4.79 Å². The maximum atomic E-state index is 11.6. The van der Waals surface area contributed by atoms with E-state index in [-0.39, 0.29) is 11.6 Å². The summed E-state index contributed by atoms with van der Waals surface area (Å²) in [7, 11) is 0. The SMILES string of the molecule is CC(C)(C)NC(=O)NC(C#N)c1ccccc1. The lowest BCUT2D eigenvalue weighted by Crippen LogP contribution is -2.47. The number of carbonyl (C=O) groups excluding carboxylic acids is 1. The molecule has 0 saturated heterocycles. The van der Waals surface area contributed by atoms with Gasteiger partial charge >= 0.3 is 6.03 Å². The van der Waals surface area contributed by atoms with Gasteiger partial charge in [-0.05, 0) is 26.3 Å². The van der Waals surface area contributed by atoms with Gasteiger partial charge < -0.3 is 10.6 Å². The van der Waals surface area contributed by atoms with E-state index < -0.39 is 6.04 Å². The van der Waals surface area contributed by atoms with Gasteiger partial charge in [-0.15, -0.1) is 0 Å². The Morgan fingerprint density at radius 3 is 2.35 bits per heavy atom. The van der Waals surface area contributed by atoms with Gasteiger partial charge in [0.1, 0.15) is 6.04 Å². The Balaban J connectivity index is 2.67. The molecule has 4 nitrogen and oxygen atoms in total. The highest BCUT2D eigenvalue weighted by Gasteiger charge is 2.17. The van der Waals surface area contributed by atoms with Gasteiger partial charge in [-0.1, -0.05) is 30.3 Å². The minimum atomic E-state index is -0.626. The first-order chi connectivity index (χ1) is 7.92. The summed E-state index contributed by atoms with van der Waals surface area (Å²) in [6.45, 7) is 5.66. The van der Waals surface area contributed by atoms with Crippen LogP contribution < -0.4 is 10.6 Å². The third-order valence-electron chi connectivity index (χ3n) is 2.03. The summed E-state index contributed by atoms with van der Waals surface area (Å²) in [5, 5.41) is 14.4. The lowest BCUT2D eigenvalue weighted by Gasteiger charge is -2.22. The summed E-state index contributed by atoms with van der Waals surface area (Å²) >= 11 is 0. The summed E-state index contributed by atoms with van der Waals surface area (Å²) in [4.78, 5) is 11.6. The van der Waals surface area contributed by atoms with Crippen LogP contribution in [0.1, 0.15) is 32.4 Å². The highest BCUT2D eigenvalue weighted by Crippen LogP contribution is 2.11. The average Bonchev–Trinajstić information content (AvgIpc) is 2.24. The number of urea groups is 1. The van der Waals surface area contributed by atoms with E-state index in [4.69, 9.17) is 5.26 Å². The molecule has 2 amide bonds. The van der Waals surface area contributed by atoms with Crippen molar-refractivity contribution in [3.63, 3.8) is 0 Å². The van der Waals surface area contributed by atoms with Crippen molar-refractivity contribution in [2.45, 2.75) is 32.4 Å². The van der Waals surface area contributed by atoms with Crippen molar-refractivity contribution in [3.05, 3.63) is 35.9 Å². The molecule has 0 spiro atoms. The zero-order chi connectivity index (χ0) is 12.9. The molecular formula is C13H17N3O. The Bertz CT molecular complexity index is 415. The van der Waals surface area contributed by atoms with E-state index in [9.17, 15) is 4.79 Å². The fourth-order valence-corrected chi connectivity index (χ4v) is 1.34. The lowest BCUT2D eigenvalue weighted by molar-refractivity contribution is 0.230. The van der Waals surface area contributed by atoms with Crippen LogP contribution in [0.2, 0.25) is 0 Å². The van der Waals surface area contributed by atoms with Gasteiger partial charge in [0.2, 0.25) is 0 Å². The second-order valence-corrected chi connectivity index (χ2v) is 4.82. The zero-order valence-corrected chi connectivity index (χ0v) is 10.3. The highest BCUT2D eigenvalue weighted by atomic mass is 16.2. The van der Waals surface area contributed by atoms with Crippen molar-refractivity contribution >= 4 is 6.03 Å². The Morgan fingerprint density at radius 2 is 1.88 bits per heavy atom. The molecular weight excluding hydrogens is 214 g/mol. The summed E-state index contributed by atoms with van der Waals surface area (Å²) in [5.74, 6) is 0. The predicted molar refractivity (Wildman–Crippen MR) is 66.2 cm³/mol. The fourth-order valence-electron chi connectivity index (χ4n) is 1.34. The van der Waals surface area contributed by atoms with Gasteiger partial charge in [0.05, 0.1) is 6.07 Å². The smallest absolute Gasteiger partial charge is 0.316 e. The van der Waals surface area contributed by atoms with Gasteiger partial charge in [0, 0.05) is 5.54 Å². The first-order valence-electron chi connectivity index (χ1n) is 5.45. The molecule has 1 unspecified atom stereocenters. The molecule has 0 heterocycles. The van der Waals surface area contributed by atoms with Crippen molar-refractivity contribution in [1.82, 2.24) is 10.6 Å². The predicted octanol–water partition coefficient (Wildman–Crippen LogP) is 2.35. The van der Waals surface area contributed by atoms with E-state index in [0.717, 1.165) is 5.56 Å². The molecule has 0 fully saturated rings. The number of rotatable bonds is 2. The van der Waals surface area contributed by atoms with Crippen molar-refractivity contribution in [2.75, 3.05) is 0 Å². The minimum Gasteiger partial charge on any atom is -0.334 e. The van der Waals surface area contributed by atoms with Crippen LogP contribution in [0.4, 0.5) is 4.79 Å². The molecule has 0 aliphatic heterocycles. The Hall–Kier alpha value is -2.02. The molecule has 0 aliphatic carbocycles. The second kappa shape index (κ2) is 5.35. The third-order valence-corrected chi connectivity index (χ3v) is 2.03. The number of nitrogens with one attached hydrogen (secondary N) is 2. The van der Waals surface area contributed by atoms with Crippen LogP contribution in [-0.4, -0.2) is 11.6 Å². The molecule has 1 aromatic carbocycles. The first-order valence-corrected chi connectivity index (χ1v) is 5.45. The molecule has 0 saturated carbocycles. The van der Waals surface area contributed by atoms with Crippen LogP contribution in [0.5, 0.6) is 0 Å². The van der Waals surface area contributed by atoms with Gasteiger partial charge in [-0.25, -0.2) is 4.79 Å². The summed E-state index contributed by atoms with van der Waals surface area (Å²) < 4.78 is 0. The molecule has 17 heavy (non-hydrogen) atoms. The molecule has 4 heteroatoms. The molecule has 0 radical (unpaired) electrons. The third kappa shape index (κ3) is 4.56. The van der Waals surface area contributed by atoms with E-state index >= 15 is 0 Å². The van der Waals surface area contributed by atoms with E-state index in [1.165, 1.54) is 0 Å². The number of nitriles is 1. The van der Waals surface area contributed by atoms with Crippen LogP contribution in [0.25, 0.3) is 0 Å². The lowest BCUT2D eigenvalue weighted by atomic mass is 10.1. The van der Waals surface area contributed by atoms with Crippen molar-refractivity contribution in [1.29, 1.82) is 5.26 Å². The summed E-state index contributed by atoms with van der Waals surface area (Å²) in [5.41, 5.74) is 0.458. The van der Waals surface area contributed by atoms with Crippen molar-refractivity contribution in [2.24, 2.45) is 0 Å². The number of benzene rings is 1. The first kappa shape index (κ1) is 13.0. The number of nitrogens with zero attached hydrogens (tertiary/aromatic N) is 1. The molecule has 1 aromatic rings. The quantitative estimate of drug-likeness (QED) is 0.820. The van der Waals surface area contributed by atoms with E-state index in [1.54, 1.807) is 0 Å². The van der Waals surface area contributed by atoms with Gasteiger partial charge in [-0.2, -0.15) is 5.26 Å². The fraction of sp³-hybridized carbons (Fsp3) is 0.385. The van der Waals surface area contributed by atoms with Crippen LogP contribution >= 0.6 is 0 Å². The van der Waals surface area contributed by atoms with Gasteiger partial charge in [0.15, 0.2) is 0 Å². The molecule has 2 N–H and O–H groups in total. The van der Waals surface area contributed by atoms with E-state index in [2.05, 4.69) is 16.7 Å². The maximum Gasteiger partial charge on any atom is 0.316 e. The molecule has 0 aromatic heterocycles. The standard InChI is InChI=1S/C13H17N3O/c1-13(2,3)16-12(17)15-11(9-14)10-7-5-4-6-8-10/h4-8,11H,1-3H3,(H2,15,16,17). The highest BCUT2D eigenvalue weighted by molar-refractivity contribution is 5.75. The Kier molecular flexibility index (Phi) is 4.11. The van der Waals surface area contributed by atoms with Gasteiger partial charge in [-0.3, -0.25) is 0 Å². The second-order valence-electron chi connectivity index (χ2n) is 4.82. The van der Waals surface area contributed by atoms with Gasteiger partial charge in [0.25, 0.3) is 0 Å². The topological polar surface area (TPSA) is 64.9 Å². The average molecular weight is 231 g/mol. The van der Waals surface area contributed by atoms with E-state index in [1.807, 2.05) is 51.1 Å². The Labute approximate surface area is 102 Å². The van der Waals surface area contributed by atoms with E-state index in [0.29, 0.717) is 0 Å². The monoisotopic (exact) mass is 231 g/mol. The minimum absolute atomic E-state index is 0.319. The molecule has 1 rings (SSSR count). The molecule has 1 atom stereocenters. The van der Waals surface area contributed by atoms with Crippen molar-refractivity contribution in [3.8, 4) is 6.07 Å². The van der Waals surface area contributed by atoms with Crippen LogP contribution in [0.3, 0.4) is 0 Å².